The molecule has 0 spiro atoms. The van der Waals surface area contributed by atoms with Crippen LogP contribution in [-0.4, -0.2) is 32.2 Å². The van der Waals surface area contributed by atoms with Crippen molar-refractivity contribution in [2.24, 2.45) is 5.73 Å². The maximum Gasteiger partial charge on any atom is 0.173 e. The van der Waals surface area contributed by atoms with E-state index >= 15 is 0 Å². The van der Waals surface area contributed by atoms with Gasteiger partial charge in [0.15, 0.2) is 17.8 Å². The van der Waals surface area contributed by atoms with Crippen LogP contribution in [0, 0.1) is 0 Å². The number of hydrogen-bond donors (Lipinski definition) is 2. The number of hydrogen-bond acceptors (Lipinski definition) is 5. The summed E-state index contributed by atoms with van der Waals surface area (Å²) in [5.74, 6) is 0.523. The van der Waals surface area contributed by atoms with Crippen LogP contribution in [0.3, 0.4) is 0 Å². The lowest BCUT2D eigenvalue weighted by atomic mass is 10.0. The lowest BCUT2D eigenvalue weighted by Crippen LogP contribution is -2.16. The molecule has 1 aromatic carbocycles. The number of rotatable bonds is 5. The highest BCUT2D eigenvalue weighted by molar-refractivity contribution is 6.33. The minimum Gasteiger partial charge on any atom is -0.492 e. The van der Waals surface area contributed by atoms with Gasteiger partial charge in [0.1, 0.15) is 0 Å². The Bertz CT molecular complexity index is 422. The second kappa shape index (κ2) is 5.86. The van der Waals surface area contributed by atoms with Crippen LogP contribution in [0.15, 0.2) is 6.07 Å². The molecule has 0 aliphatic heterocycles. The minimum atomic E-state index is -0.656. The predicted molar refractivity (Wildman–Crippen MR) is 64.0 cm³/mol. The highest BCUT2D eigenvalue weighted by atomic mass is 35.5. The van der Waals surface area contributed by atoms with E-state index in [0.717, 1.165) is 0 Å². The predicted octanol–water partition coefficient (Wildman–Crippen LogP) is 1.16. The smallest absolute Gasteiger partial charge is 0.173 e. The molecule has 0 saturated carbocycles. The third kappa shape index (κ3) is 2.52. The van der Waals surface area contributed by atoms with Gasteiger partial charge in [0.25, 0.3) is 0 Å². The zero-order valence-corrected chi connectivity index (χ0v) is 10.3. The van der Waals surface area contributed by atoms with E-state index in [-0.39, 0.29) is 22.9 Å². The Morgan fingerprint density at radius 1 is 1.47 bits per heavy atom. The fourth-order valence-corrected chi connectivity index (χ4v) is 1.79. The van der Waals surface area contributed by atoms with Gasteiger partial charge in [-0.05, 0) is 6.07 Å². The number of nitrogens with two attached hydrogens (primary N) is 1. The molecule has 0 amide bonds. The maximum atomic E-state index is 10.9. The first-order chi connectivity index (χ1) is 8.10. The van der Waals surface area contributed by atoms with Gasteiger partial charge in [-0.25, -0.2) is 0 Å². The minimum absolute atomic E-state index is 0.194. The number of methoxy groups -OCH3 is 2. The largest absolute Gasteiger partial charge is 0.492 e. The second-order valence-electron chi connectivity index (χ2n) is 3.33. The average molecular weight is 260 g/mol. The van der Waals surface area contributed by atoms with E-state index in [9.17, 15) is 4.79 Å². The summed E-state index contributed by atoms with van der Waals surface area (Å²) in [5.41, 5.74) is 6.40. The molecular formula is C11H14ClNO4. The first-order valence-corrected chi connectivity index (χ1v) is 5.24. The number of carbonyl (C=O) groups excluding carboxylic acids is 1. The number of aliphatic hydroxyl groups is 1. The van der Waals surface area contributed by atoms with E-state index in [2.05, 4.69) is 0 Å². The first kappa shape index (κ1) is 13.8. The maximum absolute atomic E-state index is 10.9. The molecular weight excluding hydrogens is 246 g/mol. The molecule has 5 nitrogen and oxygen atoms in total. The van der Waals surface area contributed by atoms with Gasteiger partial charge in [-0.2, -0.15) is 0 Å². The van der Waals surface area contributed by atoms with Crippen LogP contribution in [0.25, 0.3) is 0 Å². The molecule has 0 radical (unpaired) electrons. The molecule has 1 aromatic rings. The lowest BCUT2D eigenvalue weighted by Gasteiger charge is -2.18. The van der Waals surface area contributed by atoms with Crippen LogP contribution >= 0.6 is 11.6 Å². The zero-order chi connectivity index (χ0) is 13.0. The Labute approximate surface area is 104 Å². The van der Waals surface area contributed by atoms with Crippen molar-refractivity contribution in [1.29, 1.82) is 0 Å². The third-order valence-electron chi connectivity index (χ3n) is 2.37. The number of aliphatic hydroxyl groups excluding tert-OH is 1. The van der Waals surface area contributed by atoms with E-state index in [1.54, 1.807) is 0 Å². The van der Waals surface area contributed by atoms with E-state index in [4.69, 9.17) is 31.9 Å². The van der Waals surface area contributed by atoms with Gasteiger partial charge in [-0.1, -0.05) is 11.6 Å². The molecule has 1 rings (SSSR count). The second-order valence-corrected chi connectivity index (χ2v) is 3.74. The molecule has 94 valence electrons. The molecule has 0 aliphatic rings. The fourth-order valence-electron chi connectivity index (χ4n) is 1.54. The molecule has 0 aromatic heterocycles. The van der Waals surface area contributed by atoms with Crippen LogP contribution in [0.5, 0.6) is 11.5 Å². The fraction of sp³-hybridized carbons (Fsp3) is 0.364. The topological polar surface area (TPSA) is 81.8 Å². The summed E-state index contributed by atoms with van der Waals surface area (Å²) in [6, 6.07) is 0.838. The molecule has 0 bridgehead atoms. The van der Waals surface area contributed by atoms with Gasteiger partial charge in [0.05, 0.1) is 37.5 Å². The van der Waals surface area contributed by atoms with Gasteiger partial charge in [0.2, 0.25) is 0 Å². The van der Waals surface area contributed by atoms with E-state index in [1.807, 2.05) is 0 Å². The van der Waals surface area contributed by atoms with E-state index in [1.165, 1.54) is 20.3 Å². The van der Waals surface area contributed by atoms with Crippen molar-refractivity contribution in [2.75, 3.05) is 20.8 Å². The molecule has 0 saturated heterocycles. The summed E-state index contributed by atoms with van der Waals surface area (Å²) in [6.07, 6.45) is 0.581. The lowest BCUT2D eigenvalue weighted by molar-refractivity contribution is 0.112. The Balaban J connectivity index is 3.52. The van der Waals surface area contributed by atoms with Crippen molar-refractivity contribution in [1.82, 2.24) is 0 Å². The molecule has 3 N–H and O–H groups in total. The quantitative estimate of drug-likeness (QED) is 0.776. The Hall–Kier alpha value is -1.30. The molecule has 1 unspecified atom stereocenters. The van der Waals surface area contributed by atoms with Crippen molar-refractivity contribution in [3.8, 4) is 11.5 Å². The Kier molecular flexibility index (Phi) is 4.74. The van der Waals surface area contributed by atoms with Crippen molar-refractivity contribution in [2.45, 2.75) is 6.04 Å². The number of ether oxygens (including phenoxy) is 2. The highest BCUT2D eigenvalue weighted by Crippen LogP contribution is 2.40. The van der Waals surface area contributed by atoms with Crippen LogP contribution in [0.1, 0.15) is 22.0 Å². The molecule has 17 heavy (non-hydrogen) atoms. The third-order valence-corrected chi connectivity index (χ3v) is 2.69. The summed E-state index contributed by atoms with van der Waals surface area (Å²) in [4.78, 5) is 10.9. The van der Waals surface area contributed by atoms with Crippen LogP contribution in [0.4, 0.5) is 0 Å². The summed E-state index contributed by atoms with van der Waals surface area (Å²) in [7, 11) is 2.82. The zero-order valence-electron chi connectivity index (χ0n) is 9.57. The van der Waals surface area contributed by atoms with Gasteiger partial charge in [0, 0.05) is 5.56 Å². The summed E-state index contributed by atoms with van der Waals surface area (Å²) < 4.78 is 10.3. The highest BCUT2D eigenvalue weighted by Gasteiger charge is 2.21. The van der Waals surface area contributed by atoms with E-state index < -0.39 is 6.04 Å². The first-order valence-electron chi connectivity index (χ1n) is 4.86. The van der Waals surface area contributed by atoms with Crippen LogP contribution in [0.2, 0.25) is 5.02 Å². The van der Waals surface area contributed by atoms with Crippen molar-refractivity contribution in [3.05, 3.63) is 22.2 Å². The Morgan fingerprint density at radius 3 is 2.47 bits per heavy atom. The molecule has 0 heterocycles. The number of halogens is 1. The summed E-state index contributed by atoms with van der Waals surface area (Å²) in [6.45, 7) is -0.268. The van der Waals surface area contributed by atoms with Crippen LogP contribution < -0.4 is 15.2 Å². The van der Waals surface area contributed by atoms with Gasteiger partial charge in [-0.15, -0.1) is 0 Å². The molecule has 6 heteroatoms. The van der Waals surface area contributed by atoms with Crippen molar-refractivity contribution < 1.29 is 19.4 Å². The summed E-state index contributed by atoms with van der Waals surface area (Å²) in [5, 5.41) is 9.26. The normalized spacial score (nSPS) is 12.1. The van der Waals surface area contributed by atoms with Crippen molar-refractivity contribution >= 4 is 17.9 Å². The number of benzene rings is 1. The summed E-state index contributed by atoms with van der Waals surface area (Å²) >= 11 is 5.94. The Morgan fingerprint density at radius 2 is 2.06 bits per heavy atom. The molecule has 1 atom stereocenters. The van der Waals surface area contributed by atoms with Gasteiger partial charge >= 0.3 is 0 Å². The molecule has 0 aliphatic carbocycles. The van der Waals surface area contributed by atoms with Crippen molar-refractivity contribution in [3.63, 3.8) is 0 Å². The van der Waals surface area contributed by atoms with Crippen LogP contribution in [-0.2, 0) is 0 Å². The van der Waals surface area contributed by atoms with E-state index in [0.29, 0.717) is 17.6 Å². The average Bonchev–Trinajstić information content (AvgIpc) is 2.36. The SMILES string of the molecule is COc1c(C(N)CO)cc(Cl)c(C=O)c1OC. The van der Waals surface area contributed by atoms with Gasteiger partial charge in [-0.3, -0.25) is 4.79 Å². The standard InChI is InChI=1S/C11H14ClNO4/c1-16-10-6(9(13)5-15)3-8(12)7(4-14)11(10)17-2/h3-4,9,15H,5,13H2,1-2H3. The number of carbonyl (C=O) groups is 1. The monoisotopic (exact) mass is 259 g/mol. The van der Waals surface area contributed by atoms with Gasteiger partial charge < -0.3 is 20.3 Å². The number of aldehydes is 1. The molecule has 0 fully saturated rings.